The number of carbonyl (C=O) groups excluding carboxylic acids is 1. The fraction of sp³-hybridized carbons (Fsp3) is 0.235. The van der Waals surface area contributed by atoms with E-state index in [9.17, 15) is 9.18 Å². The lowest BCUT2D eigenvalue weighted by atomic mass is 9.85. The number of nitrogen functional groups attached to an aromatic ring is 1. The van der Waals surface area contributed by atoms with Crippen molar-refractivity contribution in [2.45, 2.75) is 19.3 Å². The molecule has 0 atom stereocenters. The highest BCUT2D eigenvalue weighted by atomic mass is 19.1. The number of anilines is 1. The Bertz CT molecular complexity index is 717. The summed E-state index contributed by atoms with van der Waals surface area (Å²) in [4.78, 5) is 12.5. The summed E-state index contributed by atoms with van der Waals surface area (Å²) in [5.41, 5.74) is 7.47. The lowest BCUT2D eigenvalue weighted by Gasteiger charge is -2.15. The maximum Gasteiger partial charge on any atom is 0.193 e. The van der Waals surface area contributed by atoms with Gasteiger partial charge in [0.25, 0.3) is 0 Å². The Balaban J connectivity index is 2.03. The Morgan fingerprint density at radius 1 is 1.19 bits per heavy atom. The van der Waals surface area contributed by atoms with E-state index < -0.39 is 5.82 Å². The zero-order valence-corrected chi connectivity index (χ0v) is 11.9. The third-order valence-corrected chi connectivity index (χ3v) is 3.74. The van der Waals surface area contributed by atoms with Crippen LogP contribution in [0.2, 0.25) is 0 Å². The first-order chi connectivity index (χ1) is 9.87. The smallest absolute Gasteiger partial charge is 0.193 e. The van der Waals surface area contributed by atoms with Gasteiger partial charge in [-0.05, 0) is 36.4 Å². The van der Waals surface area contributed by atoms with E-state index in [0.29, 0.717) is 12.2 Å². The van der Waals surface area contributed by atoms with E-state index in [-0.39, 0.29) is 22.4 Å². The zero-order chi connectivity index (χ0) is 15.2. The molecular weight excluding hydrogens is 269 g/mol. The third-order valence-electron chi connectivity index (χ3n) is 3.74. The molecule has 0 saturated carbocycles. The zero-order valence-electron chi connectivity index (χ0n) is 11.9. The molecule has 0 spiro atoms. The highest BCUT2D eigenvalue weighted by Crippen LogP contribution is 2.39. The van der Waals surface area contributed by atoms with Crippen LogP contribution in [0.4, 0.5) is 10.1 Å². The highest BCUT2D eigenvalue weighted by Gasteiger charge is 2.32. The summed E-state index contributed by atoms with van der Waals surface area (Å²) in [5.74, 6) is 0.0465. The lowest BCUT2D eigenvalue weighted by molar-refractivity contribution is 0.103. The Kier molecular flexibility index (Phi) is 2.97. The van der Waals surface area contributed by atoms with Gasteiger partial charge in [-0.15, -0.1) is 0 Å². The van der Waals surface area contributed by atoms with E-state index in [4.69, 9.17) is 10.5 Å². The first-order valence-electron chi connectivity index (χ1n) is 6.75. The second kappa shape index (κ2) is 4.58. The third kappa shape index (κ3) is 2.37. The molecule has 0 saturated heterocycles. The number of benzene rings is 2. The van der Waals surface area contributed by atoms with Crippen molar-refractivity contribution in [3.05, 3.63) is 58.9 Å². The number of ether oxygens (including phenoxy) is 1. The molecule has 0 unspecified atom stereocenters. The molecule has 2 aromatic rings. The van der Waals surface area contributed by atoms with Crippen molar-refractivity contribution in [2.24, 2.45) is 0 Å². The maximum absolute atomic E-state index is 13.4. The van der Waals surface area contributed by atoms with Crippen molar-refractivity contribution in [1.82, 2.24) is 0 Å². The predicted octanol–water partition coefficient (Wildman–Crippen LogP) is 3.31. The van der Waals surface area contributed by atoms with Gasteiger partial charge in [0, 0.05) is 27.8 Å². The fourth-order valence-electron chi connectivity index (χ4n) is 2.57. The summed E-state index contributed by atoms with van der Waals surface area (Å²) in [6, 6.07) is 9.19. The second-order valence-corrected chi connectivity index (χ2v) is 5.99. The summed E-state index contributed by atoms with van der Waals surface area (Å²) in [6.45, 7) is 4.72. The largest absolute Gasteiger partial charge is 0.492 e. The molecule has 0 fully saturated rings. The SMILES string of the molecule is CC1(C)COc2ccc(C(=O)c3cc(N)cc(F)c3)cc21. The molecule has 21 heavy (non-hydrogen) atoms. The van der Waals surface area contributed by atoms with Crippen molar-refractivity contribution in [2.75, 3.05) is 12.3 Å². The van der Waals surface area contributed by atoms with Gasteiger partial charge in [-0.1, -0.05) is 13.8 Å². The average molecular weight is 285 g/mol. The van der Waals surface area contributed by atoms with Crippen LogP contribution in [0.25, 0.3) is 0 Å². The number of hydrogen-bond acceptors (Lipinski definition) is 3. The minimum atomic E-state index is -0.511. The number of fused-ring (bicyclic) bond motifs is 1. The van der Waals surface area contributed by atoms with Crippen molar-refractivity contribution in [3.8, 4) is 5.75 Å². The summed E-state index contributed by atoms with van der Waals surface area (Å²) >= 11 is 0. The Morgan fingerprint density at radius 3 is 2.67 bits per heavy atom. The first-order valence-corrected chi connectivity index (χ1v) is 6.75. The van der Waals surface area contributed by atoms with Gasteiger partial charge >= 0.3 is 0 Å². The lowest BCUT2D eigenvalue weighted by Crippen LogP contribution is -2.18. The van der Waals surface area contributed by atoms with Crippen LogP contribution >= 0.6 is 0 Å². The summed E-state index contributed by atoms with van der Waals surface area (Å²) in [5, 5.41) is 0. The van der Waals surface area contributed by atoms with Gasteiger partial charge in [0.05, 0.1) is 6.61 Å². The van der Waals surface area contributed by atoms with Gasteiger partial charge < -0.3 is 10.5 Å². The molecule has 0 bridgehead atoms. The molecule has 1 aliphatic heterocycles. The van der Waals surface area contributed by atoms with Crippen LogP contribution in [-0.4, -0.2) is 12.4 Å². The number of halogens is 1. The van der Waals surface area contributed by atoms with Crippen LogP contribution in [0.3, 0.4) is 0 Å². The number of nitrogens with two attached hydrogens (primary N) is 1. The molecule has 0 radical (unpaired) electrons. The topological polar surface area (TPSA) is 52.3 Å². The minimum absolute atomic E-state index is 0.132. The molecule has 1 aliphatic rings. The highest BCUT2D eigenvalue weighted by molar-refractivity contribution is 6.09. The van der Waals surface area contributed by atoms with Crippen LogP contribution in [0.5, 0.6) is 5.75 Å². The van der Waals surface area contributed by atoms with E-state index >= 15 is 0 Å². The molecular formula is C17H16FNO2. The summed E-state index contributed by atoms with van der Waals surface area (Å²) in [7, 11) is 0. The molecule has 2 N–H and O–H groups in total. The fourth-order valence-corrected chi connectivity index (χ4v) is 2.57. The second-order valence-electron chi connectivity index (χ2n) is 5.99. The molecule has 108 valence electrons. The number of carbonyl (C=O) groups is 1. The quantitative estimate of drug-likeness (QED) is 0.680. The van der Waals surface area contributed by atoms with Crippen LogP contribution in [0, 0.1) is 5.82 Å². The van der Waals surface area contributed by atoms with Crippen molar-refractivity contribution >= 4 is 11.5 Å². The van der Waals surface area contributed by atoms with Crippen molar-refractivity contribution in [1.29, 1.82) is 0 Å². The van der Waals surface area contributed by atoms with Gasteiger partial charge in [-0.3, -0.25) is 4.79 Å². The number of rotatable bonds is 2. The van der Waals surface area contributed by atoms with Gasteiger partial charge in [-0.2, -0.15) is 0 Å². The molecule has 0 amide bonds. The maximum atomic E-state index is 13.4. The average Bonchev–Trinajstić information content (AvgIpc) is 2.72. The number of ketones is 1. The van der Waals surface area contributed by atoms with Crippen LogP contribution in [0.15, 0.2) is 36.4 Å². The Morgan fingerprint density at radius 2 is 1.95 bits per heavy atom. The van der Waals surface area contributed by atoms with Gasteiger partial charge in [0.15, 0.2) is 5.78 Å². The van der Waals surface area contributed by atoms with Gasteiger partial charge in [0.2, 0.25) is 0 Å². The van der Waals surface area contributed by atoms with Crippen molar-refractivity contribution in [3.63, 3.8) is 0 Å². The molecule has 0 aliphatic carbocycles. The van der Waals surface area contributed by atoms with E-state index in [1.54, 1.807) is 12.1 Å². The van der Waals surface area contributed by atoms with Crippen LogP contribution in [0.1, 0.15) is 35.3 Å². The van der Waals surface area contributed by atoms with Crippen LogP contribution in [-0.2, 0) is 5.41 Å². The number of hydrogen-bond donors (Lipinski definition) is 1. The Hall–Kier alpha value is -2.36. The molecule has 0 aromatic heterocycles. The predicted molar refractivity (Wildman–Crippen MR) is 79.2 cm³/mol. The monoisotopic (exact) mass is 285 g/mol. The normalized spacial score (nSPS) is 15.4. The molecule has 2 aromatic carbocycles. The van der Waals surface area contributed by atoms with E-state index in [1.165, 1.54) is 18.2 Å². The molecule has 1 heterocycles. The standard InChI is InChI=1S/C17H16FNO2/c1-17(2)9-21-15-4-3-10(7-14(15)17)16(20)11-5-12(18)8-13(19)6-11/h3-8H,9,19H2,1-2H3. The van der Waals surface area contributed by atoms with E-state index in [0.717, 1.165) is 11.3 Å². The first kappa shape index (κ1) is 13.6. The van der Waals surface area contributed by atoms with Gasteiger partial charge in [-0.25, -0.2) is 4.39 Å². The van der Waals surface area contributed by atoms with E-state index in [2.05, 4.69) is 13.8 Å². The Labute approximate surface area is 122 Å². The molecule has 3 nitrogen and oxygen atoms in total. The van der Waals surface area contributed by atoms with E-state index in [1.807, 2.05) is 6.07 Å². The summed E-state index contributed by atoms with van der Waals surface area (Å²) in [6.07, 6.45) is 0. The molecule has 3 rings (SSSR count). The minimum Gasteiger partial charge on any atom is -0.492 e. The molecule has 4 heteroatoms. The van der Waals surface area contributed by atoms with Gasteiger partial charge in [0.1, 0.15) is 11.6 Å². The van der Waals surface area contributed by atoms with Crippen LogP contribution < -0.4 is 10.5 Å². The summed E-state index contributed by atoms with van der Waals surface area (Å²) < 4.78 is 19.0. The van der Waals surface area contributed by atoms with Crippen molar-refractivity contribution < 1.29 is 13.9 Å².